The molecule has 0 unspecified atom stereocenters. The largest absolute Gasteiger partial charge is 0.480 e. The monoisotopic (exact) mass is 239 g/mol. The first-order chi connectivity index (χ1) is 8.13. The summed E-state index contributed by atoms with van der Waals surface area (Å²) in [4.78, 5) is 22.5. The summed E-state index contributed by atoms with van der Waals surface area (Å²) in [7, 11) is 0. The van der Waals surface area contributed by atoms with Gasteiger partial charge < -0.3 is 10.4 Å². The van der Waals surface area contributed by atoms with Crippen LogP contribution < -0.4 is 5.32 Å². The lowest BCUT2D eigenvalue weighted by molar-refractivity contribution is -0.142. The van der Waals surface area contributed by atoms with Gasteiger partial charge in [-0.3, -0.25) is 9.48 Å². The Bertz CT molecular complexity index is 362. The number of carboxylic acids is 1. The van der Waals surface area contributed by atoms with Crippen molar-refractivity contribution in [2.24, 2.45) is 0 Å². The minimum absolute atomic E-state index is 0.0445. The molecule has 6 heteroatoms. The number of amides is 1. The van der Waals surface area contributed by atoms with Gasteiger partial charge in [-0.2, -0.15) is 5.10 Å². The molecule has 94 valence electrons. The van der Waals surface area contributed by atoms with Crippen LogP contribution in [-0.2, 0) is 16.1 Å². The molecule has 0 aromatic carbocycles. The molecular formula is C11H17N3O3. The first-order valence-corrected chi connectivity index (χ1v) is 5.63. The zero-order valence-electron chi connectivity index (χ0n) is 9.80. The Morgan fingerprint density at radius 3 is 2.82 bits per heavy atom. The van der Waals surface area contributed by atoms with E-state index in [0.29, 0.717) is 6.42 Å². The summed E-state index contributed by atoms with van der Waals surface area (Å²) in [5, 5.41) is 15.3. The fraction of sp³-hybridized carbons (Fsp3) is 0.545. The van der Waals surface area contributed by atoms with E-state index < -0.39 is 12.0 Å². The van der Waals surface area contributed by atoms with Crippen molar-refractivity contribution < 1.29 is 14.7 Å². The molecule has 1 heterocycles. The van der Waals surface area contributed by atoms with Gasteiger partial charge in [-0.25, -0.2) is 4.79 Å². The van der Waals surface area contributed by atoms with E-state index in [4.69, 9.17) is 5.11 Å². The highest BCUT2D eigenvalue weighted by Crippen LogP contribution is 2.01. The molecule has 6 nitrogen and oxygen atoms in total. The van der Waals surface area contributed by atoms with E-state index >= 15 is 0 Å². The standard InChI is InChI=1S/C11H17N3O3/c1-2-3-5-9(11(16)17)13-10(15)8-14-7-4-6-12-14/h4,6-7,9H,2-3,5,8H2,1H3,(H,13,15)(H,16,17)/t9-/m0/s1. The zero-order valence-corrected chi connectivity index (χ0v) is 9.80. The molecule has 0 saturated heterocycles. The minimum Gasteiger partial charge on any atom is -0.480 e. The molecule has 1 aromatic heterocycles. The summed E-state index contributed by atoms with van der Waals surface area (Å²) >= 11 is 0. The minimum atomic E-state index is -0.993. The van der Waals surface area contributed by atoms with Crippen molar-refractivity contribution in [3.63, 3.8) is 0 Å². The normalized spacial score (nSPS) is 12.1. The Hall–Kier alpha value is -1.85. The molecule has 2 N–H and O–H groups in total. The number of rotatable bonds is 7. The Morgan fingerprint density at radius 2 is 2.29 bits per heavy atom. The highest BCUT2D eigenvalue weighted by Gasteiger charge is 2.19. The highest BCUT2D eigenvalue weighted by molar-refractivity contribution is 5.83. The van der Waals surface area contributed by atoms with Crippen LogP contribution in [0, 0.1) is 0 Å². The summed E-state index contributed by atoms with van der Waals surface area (Å²) in [5.41, 5.74) is 0. The van der Waals surface area contributed by atoms with Crippen LogP contribution >= 0.6 is 0 Å². The van der Waals surface area contributed by atoms with Crippen molar-refractivity contribution in [3.05, 3.63) is 18.5 Å². The maximum Gasteiger partial charge on any atom is 0.326 e. The molecule has 1 amide bonds. The van der Waals surface area contributed by atoms with Crippen molar-refractivity contribution in [3.8, 4) is 0 Å². The highest BCUT2D eigenvalue weighted by atomic mass is 16.4. The van der Waals surface area contributed by atoms with E-state index in [2.05, 4.69) is 10.4 Å². The van der Waals surface area contributed by atoms with E-state index in [1.54, 1.807) is 18.5 Å². The molecule has 0 aliphatic rings. The van der Waals surface area contributed by atoms with Gasteiger partial charge in [0.25, 0.3) is 0 Å². The molecule has 0 aliphatic heterocycles. The summed E-state index contributed by atoms with van der Waals surface area (Å²) in [5.74, 6) is -1.33. The molecule has 1 atom stereocenters. The lowest BCUT2D eigenvalue weighted by atomic mass is 10.1. The molecule has 0 fully saturated rings. The number of nitrogens with one attached hydrogen (secondary N) is 1. The van der Waals surface area contributed by atoms with Gasteiger partial charge in [-0.1, -0.05) is 19.8 Å². The summed E-state index contributed by atoms with van der Waals surface area (Å²) < 4.78 is 1.45. The van der Waals surface area contributed by atoms with Crippen LogP contribution in [0.1, 0.15) is 26.2 Å². The number of unbranched alkanes of at least 4 members (excludes halogenated alkanes) is 1. The van der Waals surface area contributed by atoms with E-state index in [-0.39, 0.29) is 12.5 Å². The molecule has 1 rings (SSSR count). The average Bonchev–Trinajstić information content (AvgIpc) is 2.76. The number of carbonyl (C=O) groups is 2. The second-order valence-electron chi connectivity index (χ2n) is 3.80. The number of hydrogen-bond donors (Lipinski definition) is 2. The summed E-state index contributed by atoms with van der Waals surface area (Å²) in [6.07, 6.45) is 5.36. The fourth-order valence-corrected chi connectivity index (χ4v) is 1.45. The second-order valence-corrected chi connectivity index (χ2v) is 3.80. The molecule has 0 aliphatic carbocycles. The van der Waals surface area contributed by atoms with Crippen LogP contribution in [0.15, 0.2) is 18.5 Å². The van der Waals surface area contributed by atoms with Gasteiger partial charge in [0.15, 0.2) is 0 Å². The van der Waals surface area contributed by atoms with Gasteiger partial charge in [0.2, 0.25) is 5.91 Å². The SMILES string of the molecule is CCCC[C@H](NC(=O)Cn1cccn1)C(=O)O. The molecule has 17 heavy (non-hydrogen) atoms. The number of carbonyl (C=O) groups excluding carboxylic acids is 1. The molecule has 1 aromatic rings. The van der Waals surface area contributed by atoms with Crippen LogP contribution in [0.3, 0.4) is 0 Å². The third-order valence-corrected chi connectivity index (χ3v) is 2.34. The maximum atomic E-state index is 11.6. The van der Waals surface area contributed by atoms with E-state index in [1.165, 1.54) is 4.68 Å². The van der Waals surface area contributed by atoms with Crippen molar-refractivity contribution >= 4 is 11.9 Å². The van der Waals surface area contributed by atoms with Crippen LogP contribution in [0.2, 0.25) is 0 Å². The third-order valence-electron chi connectivity index (χ3n) is 2.34. The lowest BCUT2D eigenvalue weighted by Gasteiger charge is -2.13. The fourth-order valence-electron chi connectivity index (χ4n) is 1.45. The zero-order chi connectivity index (χ0) is 12.7. The van der Waals surface area contributed by atoms with Crippen molar-refractivity contribution in [1.29, 1.82) is 0 Å². The average molecular weight is 239 g/mol. The summed E-state index contributed by atoms with van der Waals surface area (Å²) in [6, 6.07) is 0.900. The van der Waals surface area contributed by atoms with Gasteiger partial charge in [-0.15, -0.1) is 0 Å². The number of aliphatic carboxylic acids is 1. The quantitative estimate of drug-likeness (QED) is 0.731. The van der Waals surface area contributed by atoms with Gasteiger partial charge in [0.05, 0.1) is 0 Å². The molecule has 0 saturated carbocycles. The molecule has 0 radical (unpaired) electrons. The first kappa shape index (κ1) is 13.2. The van der Waals surface area contributed by atoms with Crippen molar-refractivity contribution in [2.45, 2.75) is 38.8 Å². The molecule has 0 spiro atoms. The predicted octanol–water partition coefficient (Wildman–Crippen LogP) is 0.643. The lowest BCUT2D eigenvalue weighted by Crippen LogP contribution is -2.42. The van der Waals surface area contributed by atoms with Crippen LogP contribution in [0.5, 0.6) is 0 Å². The van der Waals surface area contributed by atoms with E-state index in [1.807, 2.05) is 6.92 Å². The molecular weight excluding hydrogens is 222 g/mol. The second kappa shape index (κ2) is 6.67. The number of carboxylic acid groups (broad SMARTS) is 1. The Kier molecular flexibility index (Phi) is 5.19. The topological polar surface area (TPSA) is 84.2 Å². The number of aromatic nitrogens is 2. The number of hydrogen-bond acceptors (Lipinski definition) is 3. The number of nitrogens with zero attached hydrogens (tertiary/aromatic N) is 2. The Labute approximate surface area is 99.6 Å². The van der Waals surface area contributed by atoms with Gasteiger partial charge >= 0.3 is 5.97 Å². The van der Waals surface area contributed by atoms with E-state index in [0.717, 1.165) is 12.8 Å². The van der Waals surface area contributed by atoms with Gasteiger partial charge in [-0.05, 0) is 12.5 Å². The Morgan fingerprint density at radius 1 is 1.53 bits per heavy atom. The van der Waals surface area contributed by atoms with Crippen LogP contribution in [0.25, 0.3) is 0 Å². The summed E-state index contributed by atoms with van der Waals surface area (Å²) in [6.45, 7) is 2.02. The molecule has 0 bridgehead atoms. The van der Waals surface area contributed by atoms with Crippen LogP contribution in [-0.4, -0.2) is 32.8 Å². The Balaban J connectivity index is 2.43. The smallest absolute Gasteiger partial charge is 0.326 e. The third kappa shape index (κ3) is 4.67. The van der Waals surface area contributed by atoms with Crippen molar-refractivity contribution in [1.82, 2.24) is 15.1 Å². The van der Waals surface area contributed by atoms with Gasteiger partial charge in [0.1, 0.15) is 12.6 Å². The van der Waals surface area contributed by atoms with Crippen LogP contribution in [0.4, 0.5) is 0 Å². The van der Waals surface area contributed by atoms with Crippen molar-refractivity contribution in [2.75, 3.05) is 0 Å². The predicted molar refractivity (Wildman–Crippen MR) is 61.3 cm³/mol. The first-order valence-electron chi connectivity index (χ1n) is 5.63. The van der Waals surface area contributed by atoms with Gasteiger partial charge in [0, 0.05) is 12.4 Å². The van der Waals surface area contributed by atoms with E-state index in [9.17, 15) is 9.59 Å². The maximum absolute atomic E-state index is 11.6.